The Morgan fingerprint density at radius 1 is 1.12 bits per heavy atom. The van der Waals surface area contributed by atoms with E-state index in [0.717, 1.165) is 31.2 Å². The van der Waals surface area contributed by atoms with Gasteiger partial charge in [0.1, 0.15) is 5.00 Å². The van der Waals surface area contributed by atoms with Gasteiger partial charge in [-0.25, -0.2) is 4.79 Å². The predicted octanol–water partition coefficient (Wildman–Crippen LogP) is 5.09. The van der Waals surface area contributed by atoms with Crippen molar-refractivity contribution >= 4 is 39.0 Å². The quantitative estimate of drug-likeness (QED) is 0.454. The molecule has 1 aromatic carbocycles. The number of aryl methyl sites for hydroxylation is 1. The summed E-state index contributed by atoms with van der Waals surface area (Å²) in [7, 11) is 0. The number of amides is 1. The maximum absolute atomic E-state index is 13.4. The van der Waals surface area contributed by atoms with Gasteiger partial charge in [-0.1, -0.05) is 44.4 Å². The van der Waals surface area contributed by atoms with Crippen LogP contribution >= 0.6 is 11.3 Å². The van der Waals surface area contributed by atoms with Crippen molar-refractivity contribution in [2.75, 3.05) is 11.9 Å². The molecule has 1 amide bonds. The molecule has 7 nitrogen and oxygen atoms in total. The van der Waals surface area contributed by atoms with Crippen molar-refractivity contribution in [2.45, 2.75) is 53.4 Å². The largest absolute Gasteiger partial charge is 0.461 e. The first-order valence-electron chi connectivity index (χ1n) is 11.0. The third-order valence-electron chi connectivity index (χ3n) is 5.28. The molecule has 2 aromatic heterocycles. The number of thiophene rings is 1. The van der Waals surface area contributed by atoms with Crippen molar-refractivity contribution in [3.63, 3.8) is 0 Å². The monoisotopic (exact) mass is 455 g/mol. The summed E-state index contributed by atoms with van der Waals surface area (Å²) in [6, 6.07) is 7.28. The van der Waals surface area contributed by atoms with Gasteiger partial charge in [-0.2, -0.15) is 9.78 Å². The first-order chi connectivity index (χ1) is 15.4. The molecule has 0 aliphatic heterocycles. The Hall–Kier alpha value is -3.00. The van der Waals surface area contributed by atoms with Gasteiger partial charge in [0, 0.05) is 16.7 Å². The van der Waals surface area contributed by atoms with E-state index in [9.17, 15) is 14.4 Å². The van der Waals surface area contributed by atoms with Crippen molar-refractivity contribution in [2.24, 2.45) is 5.92 Å². The van der Waals surface area contributed by atoms with Gasteiger partial charge in [0.2, 0.25) is 5.91 Å². The van der Waals surface area contributed by atoms with Gasteiger partial charge in [-0.05, 0) is 38.8 Å². The Bertz CT molecular complexity index is 1160. The van der Waals surface area contributed by atoms with Crippen molar-refractivity contribution in [3.05, 3.63) is 51.3 Å². The van der Waals surface area contributed by atoms with Gasteiger partial charge in [-0.3, -0.25) is 9.59 Å². The number of rotatable bonds is 9. The number of ether oxygens (including phenoxy) is 1. The van der Waals surface area contributed by atoms with Gasteiger partial charge in [0.25, 0.3) is 5.56 Å². The second-order valence-electron chi connectivity index (χ2n) is 7.74. The molecule has 0 aliphatic rings. The summed E-state index contributed by atoms with van der Waals surface area (Å²) in [6.07, 6.45) is 3.37. The van der Waals surface area contributed by atoms with Crippen LogP contribution in [0.4, 0.5) is 5.00 Å². The first kappa shape index (κ1) is 23.7. The third kappa shape index (κ3) is 4.91. The van der Waals surface area contributed by atoms with E-state index in [2.05, 4.69) is 10.4 Å². The molecule has 0 saturated carbocycles. The minimum atomic E-state index is -0.608. The van der Waals surface area contributed by atoms with Crippen LogP contribution in [0, 0.1) is 12.8 Å². The van der Waals surface area contributed by atoms with Gasteiger partial charge in [0.15, 0.2) is 5.69 Å². The molecule has 0 spiro atoms. The highest BCUT2D eigenvalue weighted by molar-refractivity contribution is 7.16. The van der Waals surface area contributed by atoms with Crippen LogP contribution in [0.5, 0.6) is 0 Å². The van der Waals surface area contributed by atoms with Crippen molar-refractivity contribution in [3.8, 4) is 5.69 Å². The zero-order valence-corrected chi connectivity index (χ0v) is 19.8. The normalized spacial score (nSPS) is 11.2. The number of fused-ring (bicyclic) bond motifs is 1. The lowest BCUT2D eigenvalue weighted by atomic mass is 9.97. The number of carbonyl (C=O) groups excluding carboxylic acids is 2. The third-order valence-corrected chi connectivity index (χ3v) is 6.18. The Kier molecular flexibility index (Phi) is 7.80. The minimum Gasteiger partial charge on any atom is -0.461 e. The number of hydrogen-bond acceptors (Lipinski definition) is 6. The lowest BCUT2D eigenvalue weighted by Crippen LogP contribution is -2.27. The number of esters is 1. The Labute approximate surface area is 191 Å². The molecule has 3 rings (SSSR count). The van der Waals surface area contributed by atoms with E-state index >= 15 is 0 Å². The molecule has 0 bridgehead atoms. The predicted molar refractivity (Wildman–Crippen MR) is 128 cm³/mol. The molecular formula is C24H29N3O4S. The second kappa shape index (κ2) is 10.5. The molecule has 2 heterocycles. The smallest absolute Gasteiger partial charge is 0.359 e. The molecule has 1 N–H and O–H groups in total. The van der Waals surface area contributed by atoms with E-state index in [1.807, 2.05) is 32.9 Å². The molecule has 3 aromatic rings. The first-order valence-corrected chi connectivity index (χ1v) is 11.9. The van der Waals surface area contributed by atoms with Crippen molar-refractivity contribution < 1.29 is 14.3 Å². The number of benzene rings is 1. The summed E-state index contributed by atoms with van der Waals surface area (Å²) < 4.78 is 6.38. The fourth-order valence-electron chi connectivity index (χ4n) is 3.67. The number of anilines is 1. The number of carbonyl (C=O) groups is 2. The van der Waals surface area contributed by atoms with E-state index in [1.165, 1.54) is 16.0 Å². The zero-order valence-electron chi connectivity index (χ0n) is 18.9. The van der Waals surface area contributed by atoms with Crippen LogP contribution in [0.1, 0.15) is 62.5 Å². The lowest BCUT2D eigenvalue weighted by Gasteiger charge is -2.15. The molecule has 32 heavy (non-hydrogen) atoms. The van der Waals surface area contributed by atoms with Gasteiger partial charge < -0.3 is 10.1 Å². The average Bonchev–Trinajstić information content (AvgIpc) is 3.19. The molecule has 0 atom stereocenters. The van der Waals surface area contributed by atoms with Crippen LogP contribution in [-0.4, -0.2) is 28.3 Å². The highest BCUT2D eigenvalue weighted by atomic mass is 32.1. The van der Waals surface area contributed by atoms with Crippen LogP contribution in [-0.2, 0) is 9.53 Å². The molecule has 0 radical (unpaired) electrons. The molecule has 0 aliphatic carbocycles. The number of nitrogens with one attached hydrogen (secondary N) is 1. The fourth-order valence-corrected chi connectivity index (χ4v) is 4.61. The van der Waals surface area contributed by atoms with E-state index in [-0.39, 0.29) is 29.5 Å². The Morgan fingerprint density at radius 3 is 2.38 bits per heavy atom. The van der Waals surface area contributed by atoms with Crippen molar-refractivity contribution in [1.29, 1.82) is 0 Å². The summed E-state index contributed by atoms with van der Waals surface area (Å²) in [4.78, 5) is 39.0. The van der Waals surface area contributed by atoms with E-state index in [0.29, 0.717) is 16.1 Å². The molecular weight excluding hydrogens is 426 g/mol. The average molecular weight is 456 g/mol. The van der Waals surface area contributed by atoms with Crippen LogP contribution in [0.25, 0.3) is 16.5 Å². The number of aromatic nitrogens is 2. The minimum absolute atomic E-state index is 0.0532. The second-order valence-corrected chi connectivity index (χ2v) is 8.62. The number of hydrogen-bond donors (Lipinski definition) is 1. The molecule has 0 fully saturated rings. The SMILES string of the molecule is CCCC(CCC)C(=O)Nc1scc2c(C(=O)OCC)nn(-c3ccc(C)cc3)c(=O)c12. The van der Waals surface area contributed by atoms with E-state index in [4.69, 9.17) is 4.74 Å². The van der Waals surface area contributed by atoms with Crippen LogP contribution < -0.4 is 10.9 Å². The topological polar surface area (TPSA) is 90.3 Å². The summed E-state index contributed by atoms with van der Waals surface area (Å²) >= 11 is 1.22. The summed E-state index contributed by atoms with van der Waals surface area (Å²) in [6.45, 7) is 7.95. The van der Waals surface area contributed by atoms with Crippen LogP contribution in [0.2, 0.25) is 0 Å². The Balaban J connectivity index is 2.15. The Morgan fingerprint density at radius 2 is 1.78 bits per heavy atom. The fraction of sp³-hybridized carbons (Fsp3) is 0.417. The van der Waals surface area contributed by atoms with Crippen LogP contribution in [0.15, 0.2) is 34.4 Å². The number of nitrogens with zero attached hydrogens (tertiary/aromatic N) is 2. The van der Waals surface area contributed by atoms with Gasteiger partial charge >= 0.3 is 5.97 Å². The van der Waals surface area contributed by atoms with Gasteiger partial charge in [0.05, 0.1) is 17.7 Å². The maximum Gasteiger partial charge on any atom is 0.359 e. The van der Waals surface area contributed by atoms with Gasteiger partial charge in [-0.15, -0.1) is 11.3 Å². The zero-order chi connectivity index (χ0) is 23.3. The molecule has 0 unspecified atom stereocenters. The molecule has 0 saturated heterocycles. The summed E-state index contributed by atoms with van der Waals surface area (Å²) in [5.74, 6) is -0.829. The van der Waals surface area contributed by atoms with Crippen molar-refractivity contribution in [1.82, 2.24) is 9.78 Å². The highest BCUT2D eigenvalue weighted by Gasteiger charge is 2.24. The summed E-state index contributed by atoms with van der Waals surface area (Å²) in [5, 5.41) is 10.0. The van der Waals surface area contributed by atoms with E-state index < -0.39 is 11.5 Å². The van der Waals surface area contributed by atoms with E-state index in [1.54, 1.807) is 24.4 Å². The highest BCUT2D eigenvalue weighted by Crippen LogP contribution is 2.31. The maximum atomic E-state index is 13.4. The summed E-state index contributed by atoms with van der Waals surface area (Å²) in [5.41, 5.74) is 1.23. The van der Waals surface area contributed by atoms with Crippen LogP contribution in [0.3, 0.4) is 0 Å². The molecule has 8 heteroatoms. The molecule has 170 valence electrons. The standard InChI is InChI=1S/C24H29N3O4S/c1-5-8-16(9-6-2)21(28)25-22-19-18(14-32-22)20(24(30)31-7-3)26-27(23(19)29)17-12-10-15(4)11-13-17/h10-14,16H,5-9H2,1-4H3,(H,25,28). The lowest BCUT2D eigenvalue weighted by molar-refractivity contribution is -0.120.